The highest BCUT2D eigenvalue weighted by molar-refractivity contribution is 5.89. The summed E-state index contributed by atoms with van der Waals surface area (Å²) in [5.41, 5.74) is 3.46. The Bertz CT molecular complexity index is 614. The number of hydrogen-bond acceptors (Lipinski definition) is 5. The van der Waals surface area contributed by atoms with E-state index in [2.05, 4.69) is 5.48 Å². The number of non-ortho nitro benzene ring substituents is 1. The first-order valence-electron chi connectivity index (χ1n) is 5.89. The van der Waals surface area contributed by atoms with Gasteiger partial charge in [-0.1, -0.05) is 36.4 Å². The molecule has 1 radical (unpaired) electrons. The number of nitrogens with one attached hydrogen (secondary N) is 1. The Morgan fingerprint density at radius 2 is 1.95 bits per heavy atom. The third-order valence-electron chi connectivity index (χ3n) is 2.58. The molecule has 2 rings (SSSR count). The maximum atomic E-state index is 11.7. The van der Waals surface area contributed by atoms with Crippen molar-refractivity contribution in [3.63, 3.8) is 0 Å². The van der Waals surface area contributed by atoms with Gasteiger partial charge >= 0.3 is 5.97 Å². The Morgan fingerprint density at radius 1 is 1.20 bits per heavy atom. The SMILES string of the molecule is O=[N+]([O-])c1cccc(C(=[O+])ONCc2ccccc2)c1. The van der Waals surface area contributed by atoms with Gasteiger partial charge in [-0.15, -0.1) is 0 Å². The van der Waals surface area contributed by atoms with Crippen LogP contribution in [0.15, 0.2) is 54.6 Å². The second-order valence-electron chi connectivity index (χ2n) is 4.00. The van der Waals surface area contributed by atoms with E-state index in [9.17, 15) is 14.9 Å². The molecule has 0 aromatic heterocycles. The molecule has 0 unspecified atom stereocenters. The number of carbonyl (C=O) groups is 1. The summed E-state index contributed by atoms with van der Waals surface area (Å²) in [6.45, 7) is 0.363. The van der Waals surface area contributed by atoms with E-state index in [1.165, 1.54) is 24.3 Å². The Hall–Kier alpha value is -2.73. The monoisotopic (exact) mass is 272 g/mol. The lowest BCUT2D eigenvalue weighted by atomic mass is 10.2. The molecular weight excluding hydrogens is 260 g/mol. The van der Waals surface area contributed by atoms with Gasteiger partial charge in [0.1, 0.15) is 5.56 Å². The molecule has 0 atom stereocenters. The van der Waals surface area contributed by atoms with Gasteiger partial charge in [0.2, 0.25) is 0 Å². The first kappa shape index (κ1) is 13.7. The van der Waals surface area contributed by atoms with Crippen LogP contribution in [0, 0.1) is 10.1 Å². The number of nitro groups is 1. The van der Waals surface area contributed by atoms with Crippen LogP contribution in [0.2, 0.25) is 0 Å². The minimum atomic E-state index is -0.662. The van der Waals surface area contributed by atoms with Crippen LogP contribution in [-0.2, 0) is 11.4 Å². The number of rotatable bonds is 5. The van der Waals surface area contributed by atoms with Crippen molar-refractivity contribution in [3.8, 4) is 0 Å². The van der Waals surface area contributed by atoms with Crippen LogP contribution in [-0.4, -0.2) is 10.9 Å². The summed E-state index contributed by atoms with van der Waals surface area (Å²) in [6, 6.07) is 14.8. The number of benzene rings is 2. The molecule has 0 heterocycles. The van der Waals surface area contributed by atoms with Crippen LogP contribution in [0.5, 0.6) is 0 Å². The van der Waals surface area contributed by atoms with Gasteiger partial charge in [-0.3, -0.25) is 10.1 Å². The minimum Gasteiger partial charge on any atom is -0.258 e. The van der Waals surface area contributed by atoms with E-state index in [0.717, 1.165) is 5.56 Å². The summed E-state index contributed by atoms with van der Waals surface area (Å²) in [5.74, 6) is -0.662. The molecule has 101 valence electrons. The van der Waals surface area contributed by atoms with Gasteiger partial charge in [-0.2, -0.15) is 4.84 Å². The van der Waals surface area contributed by atoms with Crippen LogP contribution in [0.4, 0.5) is 5.69 Å². The molecule has 0 spiro atoms. The first-order valence-corrected chi connectivity index (χ1v) is 5.89. The summed E-state index contributed by atoms with van der Waals surface area (Å²) >= 11 is 0. The van der Waals surface area contributed by atoms with Crippen molar-refractivity contribution in [2.75, 3.05) is 0 Å². The van der Waals surface area contributed by atoms with Crippen LogP contribution in [0.3, 0.4) is 0 Å². The molecule has 20 heavy (non-hydrogen) atoms. The maximum absolute atomic E-state index is 11.7. The van der Waals surface area contributed by atoms with E-state index >= 15 is 0 Å². The molecular formula is C14H12N2O4+. The summed E-state index contributed by atoms with van der Waals surface area (Å²) in [5, 5.41) is 10.6. The van der Waals surface area contributed by atoms with Crippen molar-refractivity contribution in [1.29, 1.82) is 0 Å². The third kappa shape index (κ3) is 3.63. The molecule has 2 aromatic carbocycles. The molecule has 0 aliphatic heterocycles. The van der Waals surface area contributed by atoms with Crippen LogP contribution < -0.4 is 5.48 Å². The molecule has 0 bridgehead atoms. The molecule has 0 aliphatic carbocycles. The van der Waals surface area contributed by atoms with E-state index < -0.39 is 10.9 Å². The first-order chi connectivity index (χ1) is 9.66. The second kappa shape index (κ2) is 6.44. The number of carbonyl (C=O) groups excluding carboxylic acids is 1. The van der Waals surface area contributed by atoms with E-state index in [4.69, 9.17) is 4.84 Å². The maximum Gasteiger partial charge on any atom is 0.631 e. The average molecular weight is 272 g/mol. The van der Waals surface area contributed by atoms with Crippen molar-refractivity contribution in [2.45, 2.75) is 6.54 Å². The number of nitrogens with zero attached hydrogens (tertiary/aromatic N) is 1. The standard InChI is InChI=1S/C14H12N2O4/c17-14(12-7-4-8-13(9-12)16(18)19)20-15-10-11-5-2-1-3-6-11/h1-9,15H,10H2/q+1. The third-order valence-corrected chi connectivity index (χ3v) is 2.58. The zero-order valence-electron chi connectivity index (χ0n) is 10.5. The normalized spacial score (nSPS) is 10.0. The second-order valence-corrected chi connectivity index (χ2v) is 4.00. The zero-order valence-corrected chi connectivity index (χ0v) is 10.5. The van der Waals surface area contributed by atoms with Crippen molar-refractivity contribution in [1.82, 2.24) is 5.48 Å². The molecule has 0 saturated heterocycles. The number of hydroxylamine groups is 1. The molecule has 1 N–H and O–H groups in total. The van der Waals surface area contributed by atoms with Crippen LogP contribution in [0.1, 0.15) is 15.9 Å². The fraction of sp³-hybridized carbons (Fsp3) is 0.0714. The van der Waals surface area contributed by atoms with Crippen molar-refractivity contribution >= 4 is 11.7 Å². The van der Waals surface area contributed by atoms with Gasteiger partial charge in [0.05, 0.1) is 16.3 Å². The summed E-state index contributed by atoms with van der Waals surface area (Å²) in [7, 11) is 0. The fourth-order valence-electron chi connectivity index (χ4n) is 1.59. The Morgan fingerprint density at radius 3 is 2.65 bits per heavy atom. The van der Waals surface area contributed by atoms with Crippen LogP contribution >= 0.6 is 0 Å². The predicted molar refractivity (Wildman–Crippen MR) is 71.8 cm³/mol. The van der Waals surface area contributed by atoms with Gasteiger partial charge in [-0.05, 0) is 17.1 Å². The topological polar surface area (TPSA) is 84.3 Å². The van der Waals surface area contributed by atoms with Gasteiger partial charge in [0.15, 0.2) is 0 Å². The van der Waals surface area contributed by atoms with E-state index in [1.807, 2.05) is 30.3 Å². The van der Waals surface area contributed by atoms with Gasteiger partial charge in [0, 0.05) is 12.1 Å². The number of hydrogen-bond donors (Lipinski definition) is 1. The summed E-state index contributed by atoms with van der Waals surface area (Å²) in [4.78, 5) is 26.6. The number of nitro benzene ring substituents is 1. The van der Waals surface area contributed by atoms with Gasteiger partial charge < -0.3 is 0 Å². The highest BCUT2D eigenvalue weighted by Gasteiger charge is 2.23. The smallest absolute Gasteiger partial charge is 0.258 e. The van der Waals surface area contributed by atoms with Gasteiger partial charge in [0.25, 0.3) is 5.69 Å². The Labute approximate surface area is 115 Å². The summed E-state index contributed by atoms with van der Waals surface area (Å²) < 4.78 is 0. The summed E-state index contributed by atoms with van der Waals surface area (Å²) in [6.07, 6.45) is 0. The largest absolute Gasteiger partial charge is 0.631 e. The van der Waals surface area contributed by atoms with E-state index in [1.54, 1.807) is 0 Å². The van der Waals surface area contributed by atoms with E-state index in [0.29, 0.717) is 6.54 Å². The highest BCUT2D eigenvalue weighted by atomic mass is 16.7. The molecule has 6 heteroatoms. The van der Waals surface area contributed by atoms with Crippen molar-refractivity contribution in [2.24, 2.45) is 0 Å². The minimum absolute atomic E-state index is 0.125. The predicted octanol–water partition coefficient (Wildman–Crippen LogP) is 2.46. The molecule has 0 aliphatic rings. The molecule has 0 saturated carbocycles. The van der Waals surface area contributed by atoms with E-state index in [-0.39, 0.29) is 11.3 Å². The van der Waals surface area contributed by atoms with Crippen molar-refractivity contribution < 1.29 is 14.6 Å². The lowest BCUT2D eigenvalue weighted by Crippen LogP contribution is -2.19. The lowest BCUT2D eigenvalue weighted by molar-refractivity contribution is -0.384. The zero-order chi connectivity index (χ0) is 14.4. The quantitative estimate of drug-likeness (QED) is 0.513. The van der Waals surface area contributed by atoms with Crippen molar-refractivity contribution in [3.05, 3.63) is 75.8 Å². The Balaban J connectivity index is 1.92. The van der Waals surface area contributed by atoms with Gasteiger partial charge in [-0.25, -0.2) is 0 Å². The fourth-order valence-corrected chi connectivity index (χ4v) is 1.59. The molecule has 2 aromatic rings. The highest BCUT2D eigenvalue weighted by Crippen LogP contribution is 2.13. The van der Waals surface area contributed by atoms with Crippen LogP contribution in [0.25, 0.3) is 0 Å². The molecule has 0 amide bonds. The molecule has 0 fully saturated rings. The lowest BCUT2D eigenvalue weighted by Gasteiger charge is -1.97. The Kier molecular flexibility index (Phi) is 4.41. The average Bonchev–Trinajstić information content (AvgIpc) is 2.48. The molecule has 6 nitrogen and oxygen atoms in total.